The monoisotopic (exact) mass is 570 g/mol. The van der Waals surface area contributed by atoms with Crippen molar-refractivity contribution in [1.82, 2.24) is 19.6 Å². The molecule has 0 aliphatic heterocycles. The van der Waals surface area contributed by atoms with E-state index in [1.807, 2.05) is 24.6 Å². The summed E-state index contributed by atoms with van der Waals surface area (Å²) in [6, 6.07) is 9.87. The molecule has 182 valence electrons. The Kier molecular flexibility index (Phi) is 7.88. The van der Waals surface area contributed by atoms with Crippen LogP contribution in [0.2, 0.25) is 20.1 Å². The van der Waals surface area contributed by atoms with Gasteiger partial charge in [0.2, 0.25) is 0 Å². The summed E-state index contributed by atoms with van der Waals surface area (Å²) in [5.41, 5.74) is 3.58. The molecule has 0 spiro atoms. The Morgan fingerprint density at radius 2 is 1.74 bits per heavy atom. The third kappa shape index (κ3) is 5.90. The minimum absolute atomic E-state index is 0.116. The zero-order valence-corrected chi connectivity index (χ0v) is 22.4. The average Bonchev–Trinajstić information content (AvgIpc) is 3.26. The topological polar surface area (TPSA) is 59.7 Å². The maximum atomic E-state index is 14.1. The Bertz CT molecular complexity index is 1400. The first-order valence-electron chi connectivity index (χ1n) is 10.3. The Morgan fingerprint density at radius 3 is 2.46 bits per heavy atom. The summed E-state index contributed by atoms with van der Waals surface area (Å²) in [7, 11) is 0. The van der Waals surface area contributed by atoms with Crippen molar-refractivity contribution in [3.05, 3.63) is 91.0 Å². The first-order valence-corrected chi connectivity index (χ1v) is 12.3. The molecule has 4 rings (SSSR count). The molecule has 0 unspecified atom stereocenters. The van der Waals surface area contributed by atoms with Gasteiger partial charge in [-0.1, -0.05) is 58.5 Å². The zero-order chi connectivity index (χ0) is 25.3. The lowest BCUT2D eigenvalue weighted by Crippen LogP contribution is -2.20. The fourth-order valence-corrected chi connectivity index (χ4v) is 4.59. The summed E-state index contributed by atoms with van der Waals surface area (Å²) in [6.07, 6.45) is 1.57. The molecule has 2 aromatic carbocycles. The third-order valence-electron chi connectivity index (χ3n) is 5.29. The molecule has 6 nitrogen and oxygen atoms in total. The average molecular weight is 572 g/mol. The van der Waals surface area contributed by atoms with Crippen LogP contribution < -0.4 is 10.6 Å². The molecular formula is C23H19Cl4FN6S. The molecule has 0 radical (unpaired) electrons. The van der Waals surface area contributed by atoms with Crippen molar-refractivity contribution in [3.8, 4) is 0 Å². The van der Waals surface area contributed by atoms with Gasteiger partial charge < -0.3 is 10.6 Å². The number of rotatable bonds is 6. The first-order chi connectivity index (χ1) is 16.6. The fourth-order valence-electron chi connectivity index (χ4n) is 3.50. The molecule has 0 bridgehead atoms. The number of anilines is 2. The second-order valence-corrected chi connectivity index (χ2v) is 9.81. The largest absolute Gasteiger partial charge is 0.329 e. The van der Waals surface area contributed by atoms with Gasteiger partial charge in [-0.2, -0.15) is 10.2 Å². The summed E-state index contributed by atoms with van der Waals surface area (Å²) in [4.78, 5) is 0. The van der Waals surface area contributed by atoms with E-state index in [-0.39, 0.29) is 11.7 Å². The van der Waals surface area contributed by atoms with Gasteiger partial charge in [0.15, 0.2) is 10.9 Å². The molecular weight excluding hydrogens is 553 g/mol. The molecule has 0 atom stereocenters. The van der Waals surface area contributed by atoms with Crippen LogP contribution in [0, 0.1) is 19.7 Å². The maximum absolute atomic E-state index is 14.1. The normalized spacial score (nSPS) is 11.1. The predicted octanol–water partition coefficient (Wildman–Crippen LogP) is 7.35. The standard InChI is InChI=1S/C23H19Cl4FN6S/c1-12-21(13(2)34(31-12)9-14-6-7-15(24)8-18(14)26)29-23(35)30-22-19(27)11-33(32-22)10-16-17(25)4-3-5-20(16)28/h3-8,11H,9-10H2,1-2H3,(H2,29,30,32,35). The van der Waals surface area contributed by atoms with Crippen LogP contribution in [0.25, 0.3) is 0 Å². The number of hydrogen-bond acceptors (Lipinski definition) is 3. The molecule has 0 aliphatic rings. The number of halogens is 5. The Hall–Kier alpha value is -2.36. The molecule has 2 N–H and O–H groups in total. The van der Waals surface area contributed by atoms with E-state index < -0.39 is 5.82 Å². The number of hydrogen-bond donors (Lipinski definition) is 2. The molecule has 0 saturated carbocycles. The lowest BCUT2D eigenvalue weighted by Gasteiger charge is -2.11. The molecule has 35 heavy (non-hydrogen) atoms. The van der Waals surface area contributed by atoms with Crippen molar-refractivity contribution in [2.45, 2.75) is 26.9 Å². The summed E-state index contributed by atoms with van der Waals surface area (Å²) in [5.74, 6) is -0.0917. The Morgan fingerprint density at radius 1 is 0.971 bits per heavy atom. The smallest absolute Gasteiger partial charge is 0.176 e. The van der Waals surface area contributed by atoms with Gasteiger partial charge in [0.05, 0.1) is 30.2 Å². The van der Waals surface area contributed by atoms with E-state index in [9.17, 15) is 4.39 Å². The highest BCUT2D eigenvalue weighted by Gasteiger charge is 2.16. The Labute approximate surface area is 226 Å². The summed E-state index contributed by atoms with van der Waals surface area (Å²) >= 11 is 30.2. The number of aromatic nitrogens is 4. The molecule has 0 saturated heterocycles. The third-order valence-corrected chi connectivity index (χ3v) is 6.71. The highest BCUT2D eigenvalue weighted by Crippen LogP contribution is 2.27. The van der Waals surface area contributed by atoms with Crippen molar-refractivity contribution >= 4 is 75.2 Å². The maximum Gasteiger partial charge on any atom is 0.176 e. The van der Waals surface area contributed by atoms with Crippen LogP contribution in [0.15, 0.2) is 42.6 Å². The van der Waals surface area contributed by atoms with E-state index in [2.05, 4.69) is 20.8 Å². The first kappa shape index (κ1) is 25.7. The van der Waals surface area contributed by atoms with E-state index >= 15 is 0 Å². The van der Waals surface area contributed by atoms with Gasteiger partial charge in [-0.15, -0.1) is 0 Å². The van der Waals surface area contributed by atoms with Crippen LogP contribution >= 0.6 is 58.6 Å². The van der Waals surface area contributed by atoms with Crippen LogP contribution in [-0.4, -0.2) is 24.7 Å². The number of benzene rings is 2. The Balaban J connectivity index is 1.46. The van der Waals surface area contributed by atoms with E-state index in [1.54, 1.807) is 30.5 Å². The molecule has 12 heteroatoms. The number of thiocarbonyl (C=S) groups is 1. The molecule has 4 aromatic rings. The van der Waals surface area contributed by atoms with Crippen LogP contribution in [0.3, 0.4) is 0 Å². The van der Waals surface area contributed by atoms with Crippen LogP contribution in [0.1, 0.15) is 22.5 Å². The van der Waals surface area contributed by atoms with Gasteiger partial charge in [-0.3, -0.25) is 9.36 Å². The highest BCUT2D eigenvalue weighted by molar-refractivity contribution is 7.80. The highest BCUT2D eigenvalue weighted by atomic mass is 35.5. The number of nitrogens with one attached hydrogen (secondary N) is 2. The minimum Gasteiger partial charge on any atom is -0.329 e. The van der Waals surface area contributed by atoms with E-state index in [0.717, 1.165) is 22.6 Å². The summed E-state index contributed by atoms with van der Waals surface area (Å²) in [5, 5.41) is 17.1. The second kappa shape index (κ2) is 10.7. The summed E-state index contributed by atoms with van der Waals surface area (Å²) < 4.78 is 17.4. The SMILES string of the molecule is Cc1nn(Cc2ccc(Cl)cc2Cl)c(C)c1NC(=S)Nc1nn(Cc2c(F)cccc2Cl)cc1Cl. The van der Waals surface area contributed by atoms with Crippen LogP contribution in [-0.2, 0) is 13.1 Å². The zero-order valence-electron chi connectivity index (χ0n) is 18.5. The van der Waals surface area contributed by atoms with Crippen molar-refractivity contribution < 1.29 is 4.39 Å². The van der Waals surface area contributed by atoms with Crippen molar-refractivity contribution in [2.24, 2.45) is 0 Å². The molecule has 2 aromatic heterocycles. The summed E-state index contributed by atoms with van der Waals surface area (Å²) in [6.45, 7) is 4.39. The van der Waals surface area contributed by atoms with Gasteiger partial charge >= 0.3 is 0 Å². The molecule has 0 amide bonds. The van der Waals surface area contributed by atoms with Gasteiger partial charge in [0, 0.05) is 26.8 Å². The van der Waals surface area contributed by atoms with Crippen LogP contribution in [0.5, 0.6) is 0 Å². The predicted molar refractivity (Wildman–Crippen MR) is 145 cm³/mol. The molecule has 0 aliphatic carbocycles. The lowest BCUT2D eigenvalue weighted by atomic mass is 10.2. The van der Waals surface area contributed by atoms with Crippen LogP contribution in [0.4, 0.5) is 15.9 Å². The van der Waals surface area contributed by atoms with Gasteiger partial charge in [0.1, 0.15) is 10.8 Å². The molecule has 2 heterocycles. The van der Waals surface area contributed by atoms with E-state index in [1.165, 1.54) is 10.7 Å². The van der Waals surface area contributed by atoms with Gasteiger partial charge in [-0.25, -0.2) is 4.39 Å². The number of aryl methyl sites for hydroxylation is 1. The second-order valence-electron chi connectivity index (χ2n) is 7.74. The van der Waals surface area contributed by atoms with Gasteiger partial charge in [-0.05, 0) is 55.9 Å². The van der Waals surface area contributed by atoms with Crippen molar-refractivity contribution in [3.63, 3.8) is 0 Å². The van der Waals surface area contributed by atoms with E-state index in [4.69, 9.17) is 58.6 Å². The van der Waals surface area contributed by atoms with Gasteiger partial charge in [0.25, 0.3) is 0 Å². The minimum atomic E-state index is -0.418. The fraction of sp³-hybridized carbons (Fsp3) is 0.174. The van der Waals surface area contributed by atoms with E-state index in [0.29, 0.717) is 38.0 Å². The lowest BCUT2D eigenvalue weighted by molar-refractivity contribution is 0.586. The van der Waals surface area contributed by atoms with Crippen molar-refractivity contribution in [1.29, 1.82) is 0 Å². The quantitative estimate of drug-likeness (QED) is 0.237. The number of nitrogens with zero attached hydrogens (tertiary/aromatic N) is 4. The van der Waals surface area contributed by atoms with Crippen molar-refractivity contribution in [2.75, 3.05) is 10.6 Å². The molecule has 0 fully saturated rings.